The lowest BCUT2D eigenvalue weighted by atomic mass is 9.63. The first kappa shape index (κ1) is 42.3. The second kappa shape index (κ2) is 16.2. The Kier molecular flexibility index (Phi) is 11.1. The highest BCUT2D eigenvalue weighted by Gasteiger charge is 2.50. The van der Waals surface area contributed by atoms with E-state index in [4.69, 9.17) is 16.8 Å². The molecule has 0 N–H and O–H groups in total. The smallest absolute Gasteiger partial charge is 0.324 e. The van der Waals surface area contributed by atoms with Crippen LogP contribution in [0.25, 0.3) is 43.9 Å². The zero-order chi connectivity index (χ0) is 43.4. The fraction of sp³-hybridized carbons (Fsp3) is 0.250. The minimum atomic E-state index is -4.30. The average Bonchev–Trinajstić information content (AvgIpc) is 3.50. The summed E-state index contributed by atoms with van der Waals surface area (Å²) in [6.07, 6.45) is 1.29. The third-order valence-corrected chi connectivity index (χ3v) is 19.5. The van der Waals surface area contributed by atoms with E-state index in [9.17, 15) is 0 Å². The highest BCUT2D eigenvalue weighted by atomic mass is 32.2. The van der Waals surface area contributed by atoms with E-state index in [0.717, 1.165) is 32.7 Å². The van der Waals surface area contributed by atoms with Crippen LogP contribution in [-0.2, 0) is 20.0 Å². The largest absolute Gasteiger partial charge is 0.407 e. The van der Waals surface area contributed by atoms with Gasteiger partial charge in [0.1, 0.15) is 22.3 Å². The number of benzene rings is 6. The van der Waals surface area contributed by atoms with Crippen LogP contribution in [0.1, 0.15) is 51.2 Å². The molecule has 0 saturated heterocycles. The van der Waals surface area contributed by atoms with Crippen LogP contribution in [0.3, 0.4) is 0 Å². The molecule has 0 bridgehead atoms. The van der Waals surface area contributed by atoms with E-state index in [2.05, 4.69) is 13.8 Å². The minimum Gasteiger partial charge on any atom is -0.407 e. The first-order valence-electron chi connectivity index (χ1n) is 20.5. The molecule has 1 aliphatic rings. The standard InChI is InChI=1S/C48H48N2O8P2S2/c1-34-22-26-37(27-23-34)61(51,52)49(59-55-43-18-10-6-14-39(43)40-15-7-11-19-44(40)56-59)33-48(5)31-36(30-47(3,4)32-48)50(62(53,54)38-28-24-35(2)25-29-38)60-57-45-20-12-8-16-41(45)42-17-9-13-21-46(42)58-60/h6-29,36H,30-33H2,1-5H3. The molecule has 8 aromatic rings. The van der Waals surface area contributed by atoms with Gasteiger partial charge < -0.3 is 16.8 Å². The average molecular weight is 907 g/mol. The monoisotopic (exact) mass is 906 g/mol. The van der Waals surface area contributed by atoms with Crippen molar-refractivity contribution in [2.75, 3.05) is 14.7 Å². The molecule has 1 aliphatic carbocycles. The highest BCUT2D eigenvalue weighted by Crippen LogP contribution is 2.54. The summed E-state index contributed by atoms with van der Waals surface area (Å²) in [5.74, 6) is 0. The highest BCUT2D eigenvalue weighted by molar-refractivity contribution is 7.98. The third-order valence-electron chi connectivity index (χ3n) is 11.6. The van der Waals surface area contributed by atoms with Crippen LogP contribution >= 0.6 is 16.3 Å². The summed E-state index contributed by atoms with van der Waals surface area (Å²) in [5.41, 5.74) is 2.54. The van der Waals surface area contributed by atoms with E-state index >= 15 is 16.8 Å². The van der Waals surface area contributed by atoms with Crippen LogP contribution in [0.2, 0.25) is 0 Å². The molecule has 2 atom stereocenters. The van der Waals surface area contributed by atoms with Gasteiger partial charge in [-0.1, -0.05) is 137 Å². The Bertz CT molecular complexity index is 3160. The van der Waals surface area contributed by atoms with Gasteiger partial charge in [0.2, 0.25) is 0 Å². The lowest BCUT2D eigenvalue weighted by Crippen LogP contribution is -2.51. The number of nitrogens with zero attached hydrogens (tertiary/aromatic N) is 2. The zero-order valence-electron chi connectivity index (χ0n) is 35.1. The molecule has 1 fully saturated rings. The van der Waals surface area contributed by atoms with Gasteiger partial charge in [-0.25, -0.2) is 16.8 Å². The van der Waals surface area contributed by atoms with Crippen molar-refractivity contribution >= 4 is 80.3 Å². The van der Waals surface area contributed by atoms with Gasteiger partial charge in [0.25, 0.3) is 20.0 Å². The lowest BCUT2D eigenvalue weighted by Gasteiger charge is -2.49. The molecule has 2 unspecified atom stereocenters. The van der Waals surface area contributed by atoms with Gasteiger partial charge in [-0.2, -0.15) is 0 Å². The van der Waals surface area contributed by atoms with E-state index in [0.29, 0.717) is 35.2 Å². The minimum absolute atomic E-state index is 0.0388. The second-order valence-corrected chi connectivity index (χ2v) is 24.2. The van der Waals surface area contributed by atoms with Crippen LogP contribution in [0.15, 0.2) is 172 Å². The maximum atomic E-state index is 15.4. The summed E-state index contributed by atoms with van der Waals surface area (Å²) in [6, 6.07) is 43.0. The van der Waals surface area contributed by atoms with E-state index < -0.39 is 53.2 Å². The number of rotatable bonds is 9. The predicted molar refractivity (Wildman–Crippen MR) is 250 cm³/mol. The predicted octanol–water partition coefficient (Wildman–Crippen LogP) is 13.4. The van der Waals surface area contributed by atoms with Crippen molar-refractivity contribution in [1.29, 1.82) is 0 Å². The molecule has 320 valence electrons. The number of hydrogen-bond donors (Lipinski definition) is 0. The summed E-state index contributed by atoms with van der Waals surface area (Å²) < 4.78 is 90.8. The molecule has 2 heterocycles. The number of aryl methyl sites for hydroxylation is 2. The molecule has 0 spiro atoms. The fourth-order valence-electron chi connectivity index (χ4n) is 9.10. The summed E-state index contributed by atoms with van der Waals surface area (Å²) >= 11 is 0. The van der Waals surface area contributed by atoms with Gasteiger partial charge in [0, 0.05) is 34.1 Å². The van der Waals surface area contributed by atoms with Crippen molar-refractivity contribution in [3.63, 3.8) is 0 Å². The van der Waals surface area contributed by atoms with Crippen molar-refractivity contribution < 1.29 is 33.6 Å². The van der Waals surface area contributed by atoms with Crippen LogP contribution < -0.4 is 8.15 Å². The van der Waals surface area contributed by atoms with Crippen molar-refractivity contribution in [1.82, 2.24) is 0 Å². The molecule has 0 radical (unpaired) electrons. The van der Waals surface area contributed by atoms with Gasteiger partial charge in [-0.05, 0) is 92.5 Å². The molecule has 62 heavy (non-hydrogen) atoms. The Morgan fingerprint density at radius 1 is 0.516 bits per heavy atom. The summed E-state index contributed by atoms with van der Waals surface area (Å²) in [6.45, 7) is 10.0. The normalized spacial score (nSPS) is 18.2. The quantitative estimate of drug-likeness (QED) is 0.140. The Labute approximate surface area is 364 Å². The topological polar surface area (TPSA) is 127 Å². The molecular weight excluding hydrogens is 859 g/mol. The molecule has 14 heteroatoms. The first-order chi connectivity index (χ1) is 29.6. The fourth-order valence-corrected chi connectivity index (χ4v) is 16.5. The van der Waals surface area contributed by atoms with E-state index in [1.54, 1.807) is 48.5 Å². The maximum absolute atomic E-state index is 15.4. The summed E-state index contributed by atoms with van der Waals surface area (Å²) in [5, 5.41) is 3.16. The number of fused-ring (bicyclic) bond motifs is 6. The van der Waals surface area contributed by atoms with E-state index in [-0.39, 0.29) is 22.8 Å². The third kappa shape index (κ3) is 8.16. The Morgan fingerprint density at radius 2 is 0.887 bits per heavy atom. The van der Waals surface area contributed by atoms with Crippen LogP contribution in [0, 0.1) is 24.7 Å². The molecule has 9 rings (SSSR count). The molecule has 0 amide bonds. The zero-order valence-corrected chi connectivity index (χ0v) is 38.6. The SMILES string of the molecule is Cc1ccc(S(=O)(=O)N(CC2(C)CC(N(p3oc4ccccc4c4ccccc4o3)S(=O)(=O)c3ccc(C)cc3)CC(C)(C)C2)p2oc3ccccc3c3ccccc3o2)cc1. The van der Waals surface area contributed by atoms with Crippen molar-refractivity contribution in [2.24, 2.45) is 10.8 Å². The number of sulfonamides is 2. The van der Waals surface area contributed by atoms with Crippen molar-refractivity contribution in [3.8, 4) is 0 Å². The van der Waals surface area contributed by atoms with Gasteiger partial charge in [-0.15, -0.1) is 0 Å². The molecular formula is C48H48N2O8P2S2. The number of para-hydroxylation sites is 4. The van der Waals surface area contributed by atoms with Crippen LogP contribution in [0.5, 0.6) is 0 Å². The molecule has 1 saturated carbocycles. The van der Waals surface area contributed by atoms with Crippen LogP contribution in [0.4, 0.5) is 0 Å². The molecule has 6 aromatic carbocycles. The lowest BCUT2D eigenvalue weighted by molar-refractivity contribution is 0.0946. The van der Waals surface area contributed by atoms with Gasteiger partial charge in [0.15, 0.2) is 0 Å². The second-order valence-electron chi connectivity index (χ2n) is 17.4. The van der Waals surface area contributed by atoms with E-state index in [1.807, 2.05) is 118 Å². The Hall–Kier alpha value is -5.06. The molecule has 2 aromatic heterocycles. The molecule has 0 aliphatic heterocycles. The van der Waals surface area contributed by atoms with E-state index in [1.165, 1.54) is 8.15 Å². The number of hydrogen-bond acceptors (Lipinski definition) is 8. The van der Waals surface area contributed by atoms with Crippen LogP contribution in [-0.4, -0.2) is 29.4 Å². The molecule has 10 nitrogen and oxygen atoms in total. The van der Waals surface area contributed by atoms with Gasteiger partial charge in [0.05, 0.1) is 9.79 Å². The summed E-state index contributed by atoms with van der Waals surface area (Å²) in [7, 11) is -13.3. The van der Waals surface area contributed by atoms with Gasteiger partial charge in [-0.3, -0.25) is 0 Å². The first-order valence-corrected chi connectivity index (χ1v) is 25.6. The van der Waals surface area contributed by atoms with Gasteiger partial charge >= 0.3 is 16.3 Å². The maximum Gasteiger partial charge on any atom is 0.324 e. The Balaban J connectivity index is 1.24. The van der Waals surface area contributed by atoms with Crippen molar-refractivity contribution in [2.45, 2.75) is 69.7 Å². The Morgan fingerprint density at radius 3 is 1.31 bits per heavy atom. The van der Waals surface area contributed by atoms with Crippen molar-refractivity contribution in [3.05, 3.63) is 157 Å². The summed E-state index contributed by atoms with van der Waals surface area (Å²) in [4.78, 5) is 0.210.